The zero-order valence-electron chi connectivity index (χ0n) is 20.8. The second-order valence-electron chi connectivity index (χ2n) is 9.44. The van der Waals surface area contributed by atoms with E-state index < -0.39 is 0 Å². The lowest BCUT2D eigenvalue weighted by Crippen LogP contribution is -2.47. The Bertz CT molecular complexity index is 1150. The minimum absolute atomic E-state index is 0.112. The van der Waals surface area contributed by atoms with E-state index >= 15 is 0 Å². The SMILES string of the molecule is CN(CCCCCc1cc(-c2cccc(F)c2)n[nH]1)C(=O)C1CCCN(C(=O)Nc2ccccc2)C1. The number of unbranched alkanes of at least 4 members (excludes halogenated alkanes) is 2. The van der Waals surface area contributed by atoms with Crippen molar-refractivity contribution in [3.63, 3.8) is 0 Å². The number of piperidine rings is 1. The number of aromatic amines is 1. The number of anilines is 1. The van der Waals surface area contributed by atoms with Crippen LogP contribution in [0.1, 0.15) is 37.8 Å². The van der Waals surface area contributed by atoms with Gasteiger partial charge < -0.3 is 15.1 Å². The fourth-order valence-electron chi connectivity index (χ4n) is 4.64. The highest BCUT2D eigenvalue weighted by Gasteiger charge is 2.30. The number of likely N-dealkylation sites (tertiary alicyclic amines) is 1. The molecular weight excluding hydrogens is 457 g/mol. The van der Waals surface area contributed by atoms with Crippen LogP contribution in [0, 0.1) is 11.7 Å². The van der Waals surface area contributed by atoms with E-state index in [4.69, 9.17) is 0 Å². The molecule has 1 aromatic heterocycles. The number of rotatable bonds is 9. The summed E-state index contributed by atoms with van der Waals surface area (Å²) < 4.78 is 13.4. The first-order chi connectivity index (χ1) is 17.5. The van der Waals surface area contributed by atoms with Gasteiger partial charge in [-0.3, -0.25) is 9.89 Å². The van der Waals surface area contributed by atoms with Gasteiger partial charge >= 0.3 is 6.03 Å². The molecule has 36 heavy (non-hydrogen) atoms. The minimum atomic E-state index is -0.271. The number of amides is 3. The van der Waals surface area contributed by atoms with E-state index in [1.165, 1.54) is 12.1 Å². The molecule has 190 valence electrons. The monoisotopic (exact) mass is 491 g/mol. The molecule has 0 aliphatic carbocycles. The van der Waals surface area contributed by atoms with Crippen LogP contribution in [0.5, 0.6) is 0 Å². The third-order valence-corrected chi connectivity index (χ3v) is 6.65. The number of aromatic nitrogens is 2. The Labute approximate surface area is 211 Å². The van der Waals surface area contributed by atoms with Crippen molar-refractivity contribution in [2.45, 2.75) is 38.5 Å². The van der Waals surface area contributed by atoms with Crippen LogP contribution < -0.4 is 5.32 Å². The molecule has 1 fully saturated rings. The number of carbonyl (C=O) groups excluding carboxylic acids is 2. The van der Waals surface area contributed by atoms with Gasteiger partial charge in [0.25, 0.3) is 0 Å². The molecule has 0 bridgehead atoms. The first kappa shape index (κ1) is 25.4. The van der Waals surface area contributed by atoms with Gasteiger partial charge in [0.15, 0.2) is 0 Å². The van der Waals surface area contributed by atoms with Crippen molar-refractivity contribution in [3.05, 3.63) is 72.2 Å². The molecule has 2 heterocycles. The molecule has 1 unspecified atom stereocenters. The van der Waals surface area contributed by atoms with Gasteiger partial charge in [0.05, 0.1) is 11.6 Å². The predicted molar refractivity (Wildman–Crippen MR) is 139 cm³/mol. The van der Waals surface area contributed by atoms with Gasteiger partial charge in [0, 0.05) is 43.6 Å². The number of aryl methyl sites for hydroxylation is 1. The van der Waals surface area contributed by atoms with Gasteiger partial charge in [-0.15, -0.1) is 0 Å². The molecule has 0 spiro atoms. The van der Waals surface area contributed by atoms with Crippen LogP contribution in [-0.4, -0.2) is 58.6 Å². The lowest BCUT2D eigenvalue weighted by Gasteiger charge is -2.34. The summed E-state index contributed by atoms with van der Waals surface area (Å²) in [5.74, 6) is -0.316. The molecule has 1 aliphatic rings. The van der Waals surface area contributed by atoms with Gasteiger partial charge in [0.1, 0.15) is 5.82 Å². The molecule has 7 nitrogen and oxygen atoms in total. The van der Waals surface area contributed by atoms with Crippen LogP contribution in [0.2, 0.25) is 0 Å². The first-order valence-electron chi connectivity index (χ1n) is 12.7. The van der Waals surface area contributed by atoms with E-state index in [2.05, 4.69) is 15.5 Å². The largest absolute Gasteiger partial charge is 0.345 e. The molecule has 2 aromatic carbocycles. The second kappa shape index (κ2) is 12.3. The number of hydrogen-bond donors (Lipinski definition) is 2. The summed E-state index contributed by atoms with van der Waals surface area (Å²) in [6, 6.07) is 17.6. The fourth-order valence-corrected chi connectivity index (χ4v) is 4.64. The molecule has 8 heteroatoms. The van der Waals surface area contributed by atoms with Crippen LogP contribution in [0.25, 0.3) is 11.3 Å². The second-order valence-corrected chi connectivity index (χ2v) is 9.44. The first-order valence-corrected chi connectivity index (χ1v) is 12.7. The number of para-hydroxylation sites is 1. The van der Waals surface area contributed by atoms with Crippen LogP contribution in [0.4, 0.5) is 14.9 Å². The van der Waals surface area contributed by atoms with Crippen LogP contribution in [0.3, 0.4) is 0 Å². The van der Waals surface area contributed by atoms with Crippen molar-refractivity contribution in [1.29, 1.82) is 0 Å². The lowest BCUT2D eigenvalue weighted by molar-refractivity contribution is -0.135. The molecule has 1 atom stereocenters. The number of carbonyl (C=O) groups is 2. The summed E-state index contributed by atoms with van der Waals surface area (Å²) in [7, 11) is 1.85. The van der Waals surface area contributed by atoms with E-state index in [1.54, 1.807) is 11.0 Å². The Hall–Kier alpha value is -3.68. The maximum atomic E-state index is 13.4. The standard InChI is InChI=1S/C28H34FN5O2/c1-33(16-7-3-6-15-25-19-26(32-31-25)21-10-8-12-23(29)18-21)27(35)22-11-9-17-34(20-22)28(36)30-24-13-4-2-5-14-24/h2,4-5,8,10,12-14,18-19,22H,3,6-7,9,11,15-17,20H2,1H3,(H,30,36)(H,31,32). The van der Waals surface area contributed by atoms with Crippen molar-refractivity contribution in [2.24, 2.45) is 5.92 Å². The van der Waals surface area contributed by atoms with Gasteiger partial charge in [-0.25, -0.2) is 9.18 Å². The van der Waals surface area contributed by atoms with Gasteiger partial charge in [0.2, 0.25) is 5.91 Å². The van der Waals surface area contributed by atoms with Gasteiger partial charge in [-0.2, -0.15) is 5.10 Å². The Kier molecular flexibility index (Phi) is 8.71. The quantitative estimate of drug-likeness (QED) is 0.397. The zero-order valence-corrected chi connectivity index (χ0v) is 20.8. The van der Waals surface area contributed by atoms with Crippen LogP contribution in [0.15, 0.2) is 60.7 Å². The highest BCUT2D eigenvalue weighted by molar-refractivity contribution is 5.90. The van der Waals surface area contributed by atoms with E-state index in [-0.39, 0.29) is 23.7 Å². The molecule has 0 saturated carbocycles. The number of urea groups is 1. The third kappa shape index (κ3) is 6.93. The smallest absolute Gasteiger partial charge is 0.321 e. The average Bonchev–Trinajstić information content (AvgIpc) is 3.37. The summed E-state index contributed by atoms with van der Waals surface area (Å²) in [6.07, 6.45) is 5.37. The van der Waals surface area contributed by atoms with E-state index in [0.29, 0.717) is 19.6 Å². The predicted octanol–water partition coefficient (Wildman–Crippen LogP) is 5.33. The van der Waals surface area contributed by atoms with Crippen molar-refractivity contribution in [1.82, 2.24) is 20.0 Å². The molecule has 3 aromatic rings. The average molecular weight is 492 g/mol. The number of nitrogens with one attached hydrogen (secondary N) is 2. The number of halogens is 1. The molecule has 4 rings (SSSR count). The number of benzene rings is 2. The minimum Gasteiger partial charge on any atom is -0.345 e. The van der Waals surface area contributed by atoms with Gasteiger partial charge in [-0.1, -0.05) is 36.8 Å². The van der Waals surface area contributed by atoms with Gasteiger partial charge in [-0.05, 0) is 62.4 Å². The molecule has 0 radical (unpaired) electrons. The fraction of sp³-hybridized carbons (Fsp3) is 0.393. The van der Waals surface area contributed by atoms with E-state index in [0.717, 1.165) is 61.2 Å². The van der Waals surface area contributed by atoms with Crippen molar-refractivity contribution >= 4 is 17.6 Å². The van der Waals surface area contributed by atoms with Crippen molar-refractivity contribution in [2.75, 3.05) is 32.0 Å². The molecule has 3 amide bonds. The molecule has 1 saturated heterocycles. The number of hydrogen-bond acceptors (Lipinski definition) is 3. The summed E-state index contributed by atoms with van der Waals surface area (Å²) in [5.41, 5.74) is 3.29. The zero-order chi connectivity index (χ0) is 25.3. The summed E-state index contributed by atoms with van der Waals surface area (Å²) in [4.78, 5) is 29.2. The van der Waals surface area contributed by atoms with Crippen molar-refractivity contribution < 1.29 is 14.0 Å². The van der Waals surface area contributed by atoms with Crippen LogP contribution in [-0.2, 0) is 11.2 Å². The maximum absolute atomic E-state index is 13.4. The Balaban J connectivity index is 1.16. The Morgan fingerprint density at radius 2 is 1.94 bits per heavy atom. The Morgan fingerprint density at radius 3 is 2.75 bits per heavy atom. The molecular formula is C28H34FN5O2. The summed E-state index contributed by atoms with van der Waals surface area (Å²) >= 11 is 0. The number of nitrogens with zero attached hydrogens (tertiary/aromatic N) is 3. The Morgan fingerprint density at radius 1 is 1.11 bits per heavy atom. The summed E-state index contributed by atoms with van der Waals surface area (Å²) in [6.45, 7) is 1.82. The maximum Gasteiger partial charge on any atom is 0.321 e. The molecule has 2 N–H and O–H groups in total. The topological polar surface area (TPSA) is 81.3 Å². The highest BCUT2D eigenvalue weighted by Crippen LogP contribution is 2.21. The highest BCUT2D eigenvalue weighted by atomic mass is 19.1. The summed E-state index contributed by atoms with van der Waals surface area (Å²) in [5, 5.41) is 10.2. The normalized spacial score (nSPS) is 15.5. The number of H-pyrrole nitrogens is 1. The lowest BCUT2D eigenvalue weighted by atomic mass is 9.96. The van der Waals surface area contributed by atoms with Crippen molar-refractivity contribution in [3.8, 4) is 11.3 Å². The third-order valence-electron chi connectivity index (χ3n) is 6.65. The molecule has 1 aliphatic heterocycles. The van der Waals surface area contributed by atoms with E-state index in [1.807, 2.05) is 54.4 Å². The van der Waals surface area contributed by atoms with E-state index in [9.17, 15) is 14.0 Å². The van der Waals surface area contributed by atoms with Crippen LogP contribution >= 0.6 is 0 Å².